The van der Waals surface area contributed by atoms with Crippen LogP contribution in [0.25, 0.3) is 0 Å². The van der Waals surface area contributed by atoms with E-state index in [1.54, 1.807) is 6.92 Å². The summed E-state index contributed by atoms with van der Waals surface area (Å²) >= 11 is 0. The Kier molecular flexibility index (Phi) is 7.46. The van der Waals surface area contributed by atoms with E-state index in [1.165, 1.54) is 32.1 Å². The van der Waals surface area contributed by atoms with Gasteiger partial charge < -0.3 is 26.7 Å². The maximum atomic E-state index is 12.8. The first-order valence-corrected chi connectivity index (χ1v) is 11.1. The van der Waals surface area contributed by atoms with Crippen molar-refractivity contribution < 1.29 is 4.79 Å². The molecular weight excluding hydrogens is 352 g/mol. The lowest BCUT2D eigenvalue weighted by Crippen LogP contribution is -2.53. The van der Waals surface area contributed by atoms with Crippen LogP contribution in [0.3, 0.4) is 0 Å². The van der Waals surface area contributed by atoms with Crippen molar-refractivity contribution in [1.29, 1.82) is 10.8 Å². The molecule has 0 radical (unpaired) electrons. The van der Waals surface area contributed by atoms with E-state index in [4.69, 9.17) is 16.6 Å². The van der Waals surface area contributed by atoms with E-state index < -0.39 is 5.92 Å². The van der Waals surface area contributed by atoms with Gasteiger partial charge in [0.25, 0.3) is 0 Å². The number of amidine groups is 1. The molecule has 2 unspecified atom stereocenters. The molecule has 0 aromatic rings. The molecule has 2 saturated carbocycles. The zero-order chi connectivity index (χ0) is 20.1. The Balaban J connectivity index is 1.50. The highest BCUT2D eigenvalue weighted by Crippen LogP contribution is 2.30. The van der Waals surface area contributed by atoms with Gasteiger partial charge in [-0.1, -0.05) is 19.3 Å². The number of carbonyl (C=O) groups is 1. The molecule has 6 N–H and O–H groups in total. The summed E-state index contributed by atoms with van der Waals surface area (Å²) in [6.45, 7) is 3.31. The first-order valence-electron chi connectivity index (χ1n) is 11.1. The summed E-state index contributed by atoms with van der Waals surface area (Å²) in [6, 6.07) is 1.18. The minimum Gasteiger partial charge on any atom is -0.360 e. The van der Waals surface area contributed by atoms with Crippen LogP contribution >= 0.6 is 0 Å². The highest BCUT2D eigenvalue weighted by molar-refractivity contribution is 6.04. The van der Waals surface area contributed by atoms with Gasteiger partial charge in [0.2, 0.25) is 5.91 Å². The normalized spacial score (nSPS) is 23.9. The highest BCUT2D eigenvalue weighted by Gasteiger charge is 2.34. The Morgan fingerprint density at radius 3 is 2.21 bits per heavy atom. The van der Waals surface area contributed by atoms with Crippen LogP contribution in [0.4, 0.5) is 0 Å². The lowest BCUT2D eigenvalue weighted by Gasteiger charge is -2.38. The van der Waals surface area contributed by atoms with Gasteiger partial charge in [-0.05, 0) is 51.4 Å². The molecule has 1 amide bonds. The molecule has 3 fully saturated rings. The van der Waals surface area contributed by atoms with Gasteiger partial charge in [-0.15, -0.1) is 0 Å². The highest BCUT2D eigenvalue weighted by atomic mass is 16.2. The van der Waals surface area contributed by atoms with Gasteiger partial charge in [0.05, 0.1) is 6.17 Å². The summed E-state index contributed by atoms with van der Waals surface area (Å²) in [6.07, 6.45) is 10.7. The third-order valence-electron chi connectivity index (χ3n) is 6.51. The Hall–Kier alpha value is -1.47. The third kappa shape index (κ3) is 6.01. The average molecular weight is 391 g/mol. The third-order valence-corrected chi connectivity index (χ3v) is 6.51. The van der Waals surface area contributed by atoms with Gasteiger partial charge in [-0.3, -0.25) is 10.2 Å². The van der Waals surface area contributed by atoms with Crippen LogP contribution in [-0.2, 0) is 4.79 Å². The van der Waals surface area contributed by atoms with E-state index in [2.05, 4.69) is 10.6 Å². The van der Waals surface area contributed by atoms with E-state index in [0.717, 1.165) is 38.8 Å². The van der Waals surface area contributed by atoms with E-state index in [-0.39, 0.29) is 12.1 Å². The number of hydrogen-bond donors (Lipinski definition) is 5. The van der Waals surface area contributed by atoms with Crippen molar-refractivity contribution in [2.24, 2.45) is 17.6 Å². The van der Waals surface area contributed by atoms with Gasteiger partial charge in [0.15, 0.2) is 0 Å². The molecule has 0 aromatic carbocycles. The Labute approximate surface area is 169 Å². The van der Waals surface area contributed by atoms with E-state index in [0.29, 0.717) is 36.0 Å². The van der Waals surface area contributed by atoms with Gasteiger partial charge in [-0.2, -0.15) is 0 Å². The smallest absolute Gasteiger partial charge is 0.232 e. The topological polar surface area (TPSA) is 118 Å². The zero-order valence-corrected chi connectivity index (χ0v) is 17.3. The monoisotopic (exact) mass is 390 g/mol. The number of rotatable bonds is 8. The maximum Gasteiger partial charge on any atom is 0.232 e. The number of nitrogens with one attached hydrogen (secondary N) is 4. The minimum absolute atomic E-state index is 0.196. The molecule has 0 bridgehead atoms. The summed E-state index contributed by atoms with van der Waals surface area (Å²) in [4.78, 5) is 14.8. The predicted molar refractivity (Wildman–Crippen MR) is 113 cm³/mol. The van der Waals surface area contributed by atoms with E-state index in [9.17, 15) is 4.79 Å². The Morgan fingerprint density at radius 2 is 1.64 bits per heavy atom. The van der Waals surface area contributed by atoms with Crippen LogP contribution in [0.1, 0.15) is 71.1 Å². The molecule has 0 aromatic heterocycles. The quantitative estimate of drug-likeness (QED) is 0.248. The number of piperidine rings is 1. The van der Waals surface area contributed by atoms with E-state index >= 15 is 0 Å². The predicted octanol–water partition coefficient (Wildman–Crippen LogP) is 2.21. The van der Waals surface area contributed by atoms with Crippen LogP contribution in [-0.4, -0.2) is 53.7 Å². The van der Waals surface area contributed by atoms with Crippen molar-refractivity contribution in [1.82, 2.24) is 15.5 Å². The molecule has 0 spiro atoms. The summed E-state index contributed by atoms with van der Waals surface area (Å²) < 4.78 is 0. The zero-order valence-electron chi connectivity index (χ0n) is 17.3. The molecular formula is C21H38N6O. The minimum atomic E-state index is -0.606. The molecule has 2 aliphatic carbocycles. The fourth-order valence-electron chi connectivity index (χ4n) is 4.57. The van der Waals surface area contributed by atoms with Crippen LogP contribution < -0.4 is 16.4 Å². The SMILES string of the molecule is CC(=N)CC(C(=N)N1CCC(NC2CCCCC2)CC1)C(=O)NC(N)C1CC1. The van der Waals surface area contributed by atoms with Gasteiger partial charge >= 0.3 is 0 Å². The Bertz CT molecular complexity index is 561. The number of carbonyl (C=O) groups excluding carboxylic acids is 1. The molecule has 3 rings (SSSR count). The first-order chi connectivity index (χ1) is 13.4. The summed E-state index contributed by atoms with van der Waals surface area (Å²) in [5.74, 6) is -0.0757. The fraction of sp³-hybridized carbons (Fsp3) is 0.857. The summed E-state index contributed by atoms with van der Waals surface area (Å²) in [7, 11) is 0. The first kappa shape index (κ1) is 21.2. The Morgan fingerprint density at radius 1 is 1.04 bits per heavy atom. The molecule has 28 heavy (non-hydrogen) atoms. The second kappa shape index (κ2) is 9.83. The molecule has 1 aliphatic heterocycles. The molecule has 7 heteroatoms. The summed E-state index contributed by atoms with van der Waals surface area (Å²) in [5.41, 5.74) is 6.49. The van der Waals surface area contributed by atoms with Gasteiger partial charge in [0, 0.05) is 37.3 Å². The van der Waals surface area contributed by atoms with Gasteiger partial charge in [-0.25, -0.2) is 0 Å². The number of amides is 1. The second-order valence-corrected chi connectivity index (χ2v) is 9.06. The van der Waals surface area contributed by atoms with Gasteiger partial charge in [0.1, 0.15) is 11.8 Å². The molecule has 1 heterocycles. The van der Waals surface area contributed by atoms with Crippen molar-refractivity contribution in [3.05, 3.63) is 0 Å². The largest absolute Gasteiger partial charge is 0.360 e. The van der Waals surface area contributed by atoms with Crippen molar-refractivity contribution in [3.8, 4) is 0 Å². The van der Waals surface area contributed by atoms with Crippen LogP contribution in [0.15, 0.2) is 0 Å². The number of nitrogens with zero attached hydrogens (tertiary/aromatic N) is 1. The molecule has 7 nitrogen and oxygen atoms in total. The van der Waals surface area contributed by atoms with Crippen molar-refractivity contribution in [3.63, 3.8) is 0 Å². The summed E-state index contributed by atoms with van der Waals surface area (Å²) in [5, 5.41) is 23.2. The average Bonchev–Trinajstić information content (AvgIpc) is 3.52. The lowest BCUT2D eigenvalue weighted by molar-refractivity contribution is -0.123. The van der Waals surface area contributed by atoms with Crippen molar-refractivity contribution in [2.75, 3.05) is 13.1 Å². The van der Waals surface area contributed by atoms with Crippen LogP contribution in [0, 0.1) is 22.7 Å². The maximum absolute atomic E-state index is 12.8. The molecule has 3 aliphatic rings. The van der Waals surface area contributed by atoms with Crippen molar-refractivity contribution >= 4 is 17.5 Å². The van der Waals surface area contributed by atoms with Crippen LogP contribution in [0.2, 0.25) is 0 Å². The van der Waals surface area contributed by atoms with Crippen molar-refractivity contribution in [2.45, 2.75) is 89.4 Å². The second-order valence-electron chi connectivity index (χ2n) is 9.06. The number of hydrogen-bond acceptors (Lipinski definition) is 5. The fourth-order valence-corrected chi connectivity index (χ4v) is 4.57. The standard InChI is InChI=1S/C21H38N6O/c1-14(22)13-18(21(28)26-19(23)15-7-8-15)20(24)27-11-9-17(10-12-27)25-16-5-3-2-4-6-16/h15-19,22,24-25H,2-13,23H2,1H3,(H,26,28). The molecule has 1 saturated heterocycles. The molecule has 2 atom stereocenters. The number of likely N-dealkylation sites (tertiary alicyclic amines) is 1. The van der Waals surface area contributed by atoms with Crippen LogP contribution in [0.5, 0.6) is 0 Å². The number of nitrogens with two attached hydrogens (primary N) is 1. The lowest BCUT2D eigenvalue weighted by atomic mass is 9.93. The van der Waals surface area contributed by atoms with E-state index in [1.807, 2.05) is 4.90 Å². The molecule has 158 valence electrons.